The zero-order valence-corrected chi connectivity index (χ0v) is 14.5. The van der Waals surface area contributed by atoms with Crippen LogP contribution in [0.2, 0.25) is 0 Å². The Labute approximate surface area is 136 Å². The Morgan fingerprint density at radius 2 is 1.68 bits per heavy atom. The first-order chi connectivity index (χ1) is 10.7. The third kappa shape index (κ3) is 4.70. The molecule has 0 atom stereocenters. The summed E-state index contributed by atoms with van der Waals surface area (Å²) < 4.78 is 12.0. The first-order valence-corrected chi connectivity index (χ1v) is 9.37. The van der Waals surface area contributed by atoms with Gasteiger partial charge in [-0.15, -0.1) is 0 Å². The van der Waals surface area contributed by atoms with Crippen molar-refractivity contribution in [3.8, 4) is 6.07 Å². The molecule has 0 aromatic heterocycles. The maximum Gasteiger partial charge on any atom is 0.160 e. The van der Waals surface area contributed by atoms with Gasteiger partial charge in [0.1, 0.15) is 0 Å². The first-order valence-electron chi connectivity index (χ1n) is 9.37. The minimum Gasteiger partial charge on any atom is -0.352 e. The van der Waals surface area contributed by atoms with Crippen molar-refractivity contribution in [1.82, 2.24) is 0 Å². The highest BCUT2D eigenvalue weighted by Gasteiger charge is 2.39. The summed E-state index contributed by atoms with van der Waals surface area (Å²) in [6.07, 6.45) is 11.4. The van der Waals surface area contributed by atoms with E-state index in [4.69, 9.17) is 9.47 Å². The average molecular weight is 307 g/mol. The Hall–Kier alpha value is -0.590. The van der Waals surface area contributed by atoms with Crippen LogP contribution in [0.25, 0.3) is 0 Å². The molecule has 0 aromatic rings. The van der Waals surface area contributed by atoms with Crippen LogP contribution < -0.4 is 0 Å². The molecular weight excluding hydrogens is 274 g/mol. The fraction of sp³-hybridized carbons (Fsp3) is 0.947. The number of nitriles is 1. The number of ether oxygens (including phenoxy) is 2. The summed E-state index contributed by atoms with van der Waals surface area (Å²) in [5.74, 6) is 1.08. The molecule has 126 valence electrons. The van der Waals surface area contributed by atoms with Gasteiger partial charge in [0.05, 0.1) is 24.7 Å². The number of nitrogens with zero attached hydrogens (tertiary/aromatic N) is 1. The monoisotopic (exact) mass is 307 g/mol. The molecule has 1 saturated carbocycles. The van der Waals surface area contributed by atoms with Crippen molar-refractivity contribution in [1.29, 1.82) is 5.26 Å². The zero-order valence-electron chi connectivity index (χ0n) is 14.5. The largest absolute Gasteiger partial charge is 0.352 e. The van der Waals surface area contributed by atoms with Crippen molar-refractivity contribution in [3.05, 3.63) is 0 Å². The minimum absolute atomic E-state index is 0.0132. The first kappa shape index (κ1) is 17.8. The average Bonchev–Trinajstić information content (AvgIpc) is 2.59. The van der Waals surface area contributed by atoms with Crippen LogP contribution >= 0.6 is 0 Å². The summed E-state index contributed by atoms with van der Waals surface area (Å²) in [5.41, 5.74) is -0.0646. The second-order valence-corrected chi connectivity index (χ2v) is 7.38. The van der Waals surface area contributed by atoms with E-state index in [-0.39, 0.29) is 11.7 Å². The lowest BCUT2D eigenvalue weighted by Gasteiger charge is -2.40. The Balaban J connectivity index is 1.74. The molecule has 1 aliphatic heterocycles. The van der Waals surface area contributed by atoms with Crippen LogP contribution in [0.1, 0.15) is 78.1 Å². The molecule has 1 aliphatic carbocycles. The highest BCUT2D eigenvalue weighted by Crippen LogP contribution is 2.44. The van der Waals surface area contributed by atoms with Crippen LogP contribution in [0.15, 0.2) is 0 Å². The molecular formula is C19H33NO2. The van der Waals surface area contributed by atoms with Crippen LogP contribution in [0, 0.1) is 28.6 Å². The van der Waals surface area contributed by atoms with Crippen molar-refractivity contribution >= 4 is 0 Å². The van der Waals surface area contributed by atoms with Gasteiger partial charge in [-0.3, -0.25) is 0 Å². The Morgan fingerprint density at radius 3 is 2.23 bits per heavy atom. The number of hydrogen-bond donors (Lipinski definition) is 0. The van der Waals surface area contributed by atoms with E-state index in [0.29, 0.717) is 11.8 Å². The summed E-state index contributed by atoms with van der Waals surface area (Å²) in [6, 6.07) is 2.62. The van der Waals surface area contributed by atoms with Gasteiger partial charge in [0.15, 0.2) is 6.29 Å². The number of rotatable bonds is 7. The van der Waals surface area contributed by atoms with Gasteiger partial charge in [-0.05, 0) is 38.5 Å². The van der Waals surface area contributed by atoms with Crippen molar-refractivity contribution in [2.24, 2.45) is 17.3 Å². The van der Waals surface area contributed by atoms with E-state index in [1.54, 1.807) is 0 Å². The van der Waals surface area contributed by atoms with E-state index < -0.39 is 0 Å². The smallest absolute Gasteiger partial charge is 0.160 e. The SMILES string of the molecule is CCCCC1COC([C@H]2CC[C@](C#N)(CCCC)CC2)OC1. The van der Waals surface area contributed by atoms with Crippen molar-refractivity contribution in [2.75, 3.05) is 13.2 Å². The summed E-state index contributed by atoms with van der Waals surface area (Å²) in [4.78, 5) is 0. The van der Waals surface area contributed by atoms with Gasteiger partial charge in [-0.25, -0.2) is 0 Å². The highest BCUT2D eigenvalue weighted by atomic mass is 16.7. The topological polar surface area (TPSA) is 42.2 Å². The van der Waals surface area contributed by atoms with Crippen LogP contribution in [-0.4, -0.2) is 19.5 Å². The quantitative estimate of drug-likeness (QED) is 0.660. The van der Waals surface area contributed by atoms with Gasteiger partial charge in [-0.2, -0.15) is 5.26 Å². The number of hydrogen-bond acceptors (Lipinski definition) is 3. The third-order valence-electron chi connectivity index (χ3n) is 5.58. The maximum atomic E-state index is 9.57. The van der Waals surface area contributed by atoms with Gasteiger partial charge in [0, 0.05) is 11.8 Å². The Morgan fingerprint density at radius 1 is 1.05 bits per heavy atom. The molecule has 0 N–H and O–H groups in total. The molecule has 2 rings (SSSR count). The molecule has 1 heterocycles. The lowest BCUT2D eigenvalue weighted by atomic mass is 9.68. The third-order valence-corrected chi connectivity index (χ3v) is 5.58. The van der Waals surface area contributed by atoms with Gasteiger partial charge >= 0.3 is 0 Å². The Bertz CT molecular complexity index is 347. The van der Waals surface area contributed by atoms with Gasteiger partial charge < -0.3 is 9.47 Å². The van der Waals surface area contributed by atoms with E-state index in [2.05, 4.69) is 19.9 Å². The molecule has 0 unspecified atom stereocenters. The second-order valence-electron chi connectivity index (χ2n) is 7.38. The minimum atomic E-state index is -0.0646. The molecule has 0 amide bonds. The molecule has 2 aliphatic rings. The van der Waals surface area contributed by atoms with E-state index in [1.807, 2.05) is 0 Å². The summed E-state index contributed by atoms with van der Waals surface area (Å²) in [7, 11) is 0. The predicted octanol–water partition coefficient (Wildman–Crippen LogP) is 5.06. The van der Waals surface area contributed by atoms with Crippen LogP contribution in [0.5, 0.6) is 0 Å². The van der Waals surface area contributed by atoms with Gasteiger partial charge in [0.25, 0.3) is 0 Å². The van der Waals surface area contributed by atoms with Gasteiger partial charge in [0.2, 0.25) is 0 Å². The summed E-state index contributed by atoms with van der Waals surface area (Å²) in [6.45, 7) is 6.16. The summed E-state index contributed by atoms with van der Waals surface area (Å²) in [5, 5.41) is 9.57. The standard InChI is InChI=1S/C19H33NO2/c1-3-5-7-16-13-21-18(22-14-16)17-8-11-19(15-20,12-9-17)10-6-4-2/h16-18H,3-14H2,1-2H3/t16?,17-,18?,19+. The van der Waals surface area contributed by atoms with Crippen LogP contribution in [0.4, 0.5) is 0 Å². The molecule has 3 heteroatoms. The molecule has 3 nitrogen and oxygen atoms in total. The lowest BCUT2D eigenvalue weighted by Crippen LogP contribution is -2.40. The number of unbranched alkanes of at least 4 members (excludes halogenated alkanes) is 2. The van der Waals surface area contributed by atoms with Crippen molar-refractivity contribution in [2.45, 2.75) is 84.3 Å². The van der Waals surface area contributed by atoms with Gasteiger partial charge in [-0.1, -0.05) is 39.5 Å². The lowest BCUT2D eigenvalue weighted by molar-refractivity contribution is -0.231. The molecule has 22 heavy (non-hydrogen) atoms. The van der Waals surface area contributed by atoms with Crippen molar-refractivity contribution < 1.29 is 9.47 Å². The summed E-state index contributed by atoms with van der Waals surface area (Å²) >= 11 is 0. The molecule has 1 saturated heterocycles. The fourth-order valence-electron chi connectivity index (χ4n) is 3.89. The second kappa shape index (κ2) is 8.89. The zero-order chi connectivity index (χ0) is 15.8. The van der Waals surface area contributed by atoms with E-state index in [0.717, 1.165) is 45.3 Å². The van der Waals surface area contributed by atoms with Crippen molar-refractivity contribution in [3.63, 3.8) is 0 Å². The fourth-order valence-corrected chi connectivity index (χ4v) is 3.89. The molecule has 0 aromatic carbocycles. The molecule has 0 radical (unpaired) electrons. The molecule has 0 spiro atoms. The normalized spacial score (nSPS) is 36.0. The van der Waals surface area contributed by atoms with E-state index >= 15 is 0 Å². The van der Waals surface area contributed by atoms with Crippen LogP contribution in [-0.2, 0) is 9.47 Å². The highest BCUT2D eigenvalue weighted by molar-refractivity contribution is 5.01. The predicted molar refractivity (Wildman–Crippen MR) is 88.2 cm³/mol. The molecule has 0 bridgehead atoms. The van der Waals surface area contributed by atoms with E-state index in [1.165, 1.54) is 32.1 Å². The van der Waals surface area contributed by atoms with Crippen LogP contribution in [0.3, 0.4) is 0 Å². The maximum absolute atomic E-state index is 9.57. The van der Waals surface area contributed by atoms with E-state index in [9.17, 15) is 5.26 Å². The Kier molecular flexibility index (Phi) is 7.18. The molecule has 2 fully saturated rings.